The number of nitrogens with two attached hydrogens (primary N) is 1. The van der Waals surface area contributed by atoms with Crippen LogP contribution in [0.5, 0.6) is 0 Å². The van der Waals surface area contributed by atoms with Crippen LogP contribution in [0.3, 0.4) is 0 Å². The Bertz CT molecular complexity index is 1320. The molecule has 8 nitrogen and oxygen atoms in total. The summed E-state index contributed by atoms with van der Waals surface area (Å²) in [6.07, 6.45) is 6.04. The average Bonchev–Trinajstić information content (AvgIpc) is 3.38. The van der Waals surface area contributed by atoms with Crippen molar-refractivity contribution in [2.24, 2.45) is 17.6 Å². The Hall–Kier alpha value is -2.50. The maximum atomic E-state index is 14.8. The summed E-state index contributed by atoms with van der Waals surface area (Å²) < 4.78 is 14.1. The summed E-state index contributed by atoms with van der Waals surface area (Å²) in [6, 6.07) is 6.47. The number of aryl methyl sites for hydroxylation is 1. The lowest BCUT2D eigenvalue weighted by Crippen LogP contribution is -2.61. The smallest absolute Gasteiger partial charge is 0.258 e. The van der Waals surface area contributed by atoms with Gasteiger partial charge in [-0.2, -0.15) is 11.8 Å². The van der Waals surface area contributed by atoms with E-state index >= 15 is 0 Å². The van der Waals surface area contributed by atoms with Crippen LogP contribution >= 0.6 is 23.1 Å². The summed E-state index contributed by atoms with van der Waals surface area (Å²) in [7, 11) is 0. The first-order valence-corrected chi connectivity index (χ1v) is 17.8. The van der Waals surface area contributed by atoms with Crippen LogP contribution in [0.15, 0.2) is 29.8 Å². The van der Waals surface area contributed by atoms with Crippen LogP contribution in [0.25, 0.3) is 10.4 Å². The zero-order chi connectivity index (χ0) is 31.5. The van der Waals surface area contributed by atoms with Crippen molar-refractivity contribution in [2.45, 2.75) is 101 Å². The Morgan fingerprint density at radius 2 is 1.82 bits per heavy atom. The Morgan fingerprint density at radius 3 is 2.43 bits per heavy atom. The second kappa shape index (κ2) is 13.9. The number of likely N-dealkylation sites (tertiary alicyclic amines) is 1. The zero-order valence-electron chi connectivity index (χ0n) is 26.1. The van der Waals surface area contributed by atoms with E-state index in [4.69, 9.17) is 5.73 Å². The number of thiazole rings is 1. The standard InChI is InChI=1S/C33H46FN5O3S2/c1-21-27(43-20-37-21)25-12-10-23(11-13-25)18-36-29(40)26-5-4-16-39(26)30(41)28(38-31(42)33(34)14-15-33)32(2,3)44-19-24-8-6-22(17-35)7-9-24/h10-13,20,22,24,26,28H,4-9,14-19,35H2,1-3H3,(H,36,40)(H,38,42)/t22?,24?,26?,28-/m1/s1. The number of amides is 3. The highest BCUT2D eigenvalue weighted by Gasteiger charge is 2.53. The quantitative estimate of drug-likeness (QED) is 0.300. The summed E-state index contributed by atoms with van der Waals surface area (Å²) in [5.74, 6) is 0.724. The lowest BCUT2D eigenvalue weighted by molar-refractivity contribution is -0.143. The zero-order valence-corrected chi connectivity index (χ0v) is 27.7. The van der Waals surface area contributed by atoms with Gasteiger partial charge in [-0.3, -0.25) is 14.4 Å². The second-order valence-corrected chi connectivity index (χ2v) is 15.8. The van der Waals surface area contributed by atoms with Gasteiger partial charge in [-0.1, -0.05) is 24.3 Å². The topological polar surface area (TPSA) is 117 Å². The van der Waals surface area contributed by atoms with Crippen molar-refractivity contribution >= 4 is 40.8 Å². The summed E-state index contributed by atoms with van der Waals surface area (Å²) in [5, 5.41) is 5.82. The first-order chi connectivity index (χ1) is 21.0. The van der Waals surface area contributed by atoms with E-state index in [1.165, 1.54) is 0 Å². The van der Waals surface area contributed by atoms with Crippen molar-refractivity contribution in [1.82, 2.24) is 20.5 Å². The van der Waals surface area contributed by atoms with Crippen molar-refractivity contribution in [2.75, 3.05) is 18.8 Å². The molecule has 3 fully saturated rings. The molecular formula is C33H46FN5O3S2. The van der Waals surface area contributed by atoms with Gasteiger partial charge in [-0.05, 0) is 107 Å². The van der Waals surface area contributed by atoms with Crippen LogP contribution in [-0.2, 0) is 20.9 Å². The number of hydrogen-bond acceptors (Lipinski definition) is 7. The molecule has 5 rings (SSSR count). The first kappa shape index (κ1) is 32.9. The molecule has 0 radical (unpaired) electrons. The van der Waals surface area contributed by atoms with Gasteiger partial charge >= 0.3 is 0 Å². The highest BCUT2D eigenvalue weighted by atomic mass is 32.2. The Kier molecular flexibility index (Phi) is 10.4. The van der Waals surface area contributed by atoms with Gasteiger partial charge in [0, 0.05) is 17.8 Å². The fraction of sp³-hybridized carbons (Fsp3) is 0.636. The van der Waals surface area contributed by atoms with Gasteiger partial charge in [-0.15, -0.1) is 11.3 Å². The predicted molar refractivity (Wildman–Crippen MR) is 175 cm³/mol. The van der Waals surface area contributed by atoms with Crippen molar-refractivity contribution in [3.05, 3.63) is 41.0 Å². The molecule has 44 heavy (non-hydrogen) atoms. The number of carbonyl (C=O) groups is 3. The van der Waals surface area contributed by atoms with E-state index in [1.807, 2.05) is 50.5 Å². The number of rotatable bonds is 12. The lowest BCUT2D eigenvalue weighted by Gasteiger charge is -2.38. The molecule has 0 bridgehead atoms. The Balaban J connectivity index is 1.23. The van der Waals surface area contributed by atoms with Crippen LogP contribution in [-0.4, -0.2) is 68.9 Å². The van der Waals surface area contributed by atoms with E-state index in [9.17, 15) is 18.8 Å². The summed E-state index contributed by atoms with van der Waals surface area (Å²) in [5.41, 5.74) is 8.85. The maximum absolute atomic E-state index is 14.8. The largest absolute Gasteiger partial charge is 0.350 e. The van der Waals surface area contributed by atoms with Crippen LogP contribution in [0.4, 0.5) is 4.39 Å². The van der Waals surface area contributed by atoms with E-state index in [1.54, 1.807) is 28.0 Å². The average molecular weight is 644 g/mol. The van der Waals surface area contributed by atoms with Crippen molar-refractivity contribution in [1.29, 1.82) is 0 Å². The molecule has 1 aromatic heterocycles. The Labute approximate surface area is 268 Å². The van der Waals surface area contributed by atoms with Crippen LogP contribution in [0.1, 0.15) is 76.5 Å². The van der Waals surface area contributed by atoms with Gasteiger partial charge < -0.3 is 21.3 Å². The number of carbonyl (C=O) groups excluding carboxylic acids is 3. The Morgan fingerprint density at radius 1 is 1.14 bits per heavy atom. The first-order valence-electron chi connectivity index (χ1n) is 15.9. The molecule has 11 heteroatoms. The molecule has 2 atom stereocenters. The molecule has 0 spiro atoms. The molecule has 1 unspecified atom stereocenters. The number of alkyl halides is 1. The van der Waals surface area contributed by atoms with Gasteiger partial charge in [0.25, 0.3) is 5.91 Å². The molecule has 3 amide bonds. The van der Waals surface area contributed by atoms with Crippen LogP contribution < -0.4 is 16.4 Å². The number of nitrogens with zero attached hydrogens (tertiary/aromatic N) is 2. The number of aromatic nitrogens is 1. The molecule has 4 N–H and O–H groups in total. The minimum atomic E-state index is -1.89. The minimum Gasteiger partial charge on any atom is -0.350 e. The SMILES string of the molecule is Cc1ncsc1-c1ccc(CNC(=O)C2CCCN2C(=O)[C@@H](NC(=O)C2(F)CC2)C(C)(C)SCC2CCC(CN)CC2)cc1. The minimum absolute atomic E-state index is 0.178. The van der Waals surface area contributed by atoms with Crippen molar-refractivity contribution in [3.8, 4) is 10.4 Å². The summed E-state index contributed by atoms with van der Waals surface area (Å²) in [6.45, 7) is 7.39. The van der Waals surface area contributed by atoms with E-state index in [0.29, 0.717) is 37.8 Å². The third-order valence-corrected chi connectivity index (χ3v) is 12.2. The number of thioether (sulfide) groups is 1. The highest BCUT2D eigenvalue weighted by molar-refractivity contribution is 8.00. The van der Waals surface area contributed by atoms with E-state index < -0.39 is 28.4 Å². The number of halogens is 1. The lowest BCUT2D eigenvalue weighted by atomic mass is 9.83. The number of hydrogen-bond donors (Lipinski definition) is 3. The van der Waals surface area contributed by atoms with Gasteiger partial charge in [-0.25, -0.2) is 9.37 Å². The third kappa shape index (κ3) is 7.65. The fourth-order valence-electron chi connectivity index (χ4n) is 6.31. The normalized spacial score (nSPS) is 23.7. The monoisotopic (exact) mass is 643 g/mol. The molecule has 1 saturated heterocycles. The molecule has 2 aliphatic carbocycles. The molecule has 240 valence electrons. The molecule has 2 aromatic rings. The van der Waals surface area contributed by atoms with E-state index in [0.717, 1.165) is 59.7 Å². The van der Waals surface area contributed by atoms with Crippen LogP contribution in [0, 0.1) is 18.8 Å². The molecule has 1 aliphatic heterocycles. The van der Waals surface area contributed by atoms with E-state index in [2.05, 4.69) is 15.6 Å². The predicted octanol–water partition coefficient (Wildman–Crippen LogP) is 4.99. The van der Waals surface area contributed by atoms with Crippen molar-refractivity contribution in [3.63, 3.8) is 0 Å². The number of nitrogens with one attached hydrogen (secondary N) is 2. The van der Waals surface area contributed by atoms with Gasteiger partial charge in [0.1, 0.15) is 12.1 Å². The van der Waals surface area contributed by atoms with Gasteiger partial charge in [0.05, 0.1) is 16.1 Å². The molecule has 3 aliphatic rings. The second-order valence-electron chi connectivity index (χ2n) is 13.3. The van der Waals surface area contributed by atoms with E-state index in [-0.39, 0.29) is 24.7 Å². The van der Waals surface area contributed by atoms with Crippen LogP contribution in [0.2, 0.25) is 0 Å². The highest BCUT2D eigenvalue weighted by Crippen LogP contribution is 2.41. The third-order valence-electron chi connectivity index (χ3n) is 9.57. The molecular weight excluding hydrogens is 598 g/mol. The molecule has 2 saturated carbocycles. The molecule has 2 heterocycles. The van der Waals surface area contributed by atoms with Crippen molar-refractivity contribution < 1.29 is 18.8 Å². The van der Waals surface area contributed by atoms with Gasteiger partial charge in [0.15, 0.2) is 5.67 Å². The number of benzene rings is 1. The maximum Gasteiger partial charge on any atom is 0.258 e. The fourth-order valence-corrected chi connectivity index (χ4v) is 8.45. The summed E-state index contributed by atoms with van der Waals surface area (Å²) in [4.78, 5) is 47.5. The summed E-state index contributed by atoms with van der Waals surface area (Å²) >= 11 is 3.26. The molecule has 1 aromatic carbocycles. The van der Waals surface area contributed by atoms with Gasteiger partial charge in [0.2, 0.25) is 11.8 Å².